The van der Waals surface area contributed by atoms with Gasteiger partial charge in [0.15, 0.2) is 0 Å². The van der Waals surface area contributed by atoms with E-state index in [1.54, 1.807) is 24.3 Å². The molecule has 2 aromatic carbocycles. The first kappa shape index (κ1) is 20.1. The van der Waals surface area contributed by atoms with E-state index in [9.17, 15) is 9.59 Å². The van der Waals surface area contributed by atoms with Crippen molar-refractivity contribution in [2.24, 2.45) is 0 Å². The fourth-order valence-corrected chi connectivity index (χ4v) is 3.70. The number of likely N-dealkylation sites (tertiary alicyclic amines) is 1. The van der Waals surface area contributed by atoms with Gasteiger partial charge in [-0.2, -0.15) is 0 Å². The molecule has 1 fully saturated rings. The summed E-state index contributed by atoms with van der Waals surface area (Å²) in [5, 5.41) is 3.12. The van der Waals surface area contributed by atoms with E-state index in [4.69, 9.17) is 4.74 Å². The quantitative estimate of drug-likeness (QED) is 0.749. The molecule has 1 aliphatic rings. The lowest BCUT2D eigenvalue weighted by atomic mass is 10.0. The fraction of sp³-hybridized carbons (Fsp3) is 0.391. The average Bonchev–Trinajstić information content (AvgIpc) is 2.74. The molecule has 0 bridgehead atoms. The smallest absolute Gasteiger partial charge is 0.337 e. The summed E-state index contributed by atoms with van der Waals surface area (Å²) in [5.74, 6) is -0.571. The lowest BCUT2D eigenvalue weighted by Gasteiger charge is -2.33. The van der Waals surface area contributed by atoms with Gasteiger partial charge in [-0.15, -0.1) is 0 Å². The number of carbonyl (C=O) groups excluding carboxylic acids is 2. The van der Waals surface area contributed by atoms with Crippen molar-refractivity contribution in [3.05, 3.63) is 71.3 Å². The maximum absolute atomic E-state index is 12.6. The zero-order valence-electron chi connectivity index (χ0n) is 16.4. The molecule has 1 N–H and O–H groups in total. The minimum Gasteiger partial charge on any atom is -0.465 e. The lowest BCUT2D eigenvalue weighted by molar-refractivity contribution is 0.0600. The highest BCUT2D eigenvalue weighted by molar-refractivity contribution is 5.98. The molecule has 0 aromatic heterocycles. The maximum Gasteiger partial charge on any atom is 0.337 e. The summed E-state index contributed by atoms with van der Waals surface area (Å²) < 4.78 is 4.73. The van der Waals surface area contributed by atoms with Gasteiger partial charge in [0.1, 0.15) is 0 Å². The van der Waals surface area contributed by atoms with E-state index in [0.717, 1.165) is 45.3 Å². The van der Waals surface area contributed by atoms with E-state index in [1.807, 2.05) is 6.07 Å². The Hall–Kier alpha value is -2.66. The molecule has 1 atom stereocenters. The van der Waals surface area contributed by atoms with Gasteiger partial charge in [-0.05, 0) is 62.5 Å². The van der Waals surface area contributed by atoms with Gasteiger partial charge in [0.05, 0.1) is 12.7 Å². The molecule has 0 spiro atoms. The minimum absolute atomic E-state index is 0.137. The first-order chi connectivity index (χ1) is 13.7. The summed E-state index contributed by atoms with van der Waals surface area (Å²) in [5.41, 5.74) is 2.25. The number of amides is 1. The second-order valence-electron chi connectivity index (χ2n) is 7.27. The Labute approximate surface area is 166 Å². The fourth-order valence-electron chi connectivity index (χ4n) is 3.70. The van der Waals surface area contributed by atoms with Crippen LogP contribution in [0.5, 0.6) is 0 Å². The van der Waals surface area contributed by atoms with Crippen LogP contribution in [0.25, 0.3) is 0 Å². The Morgan fingerprint density at radius 3 is 2.68 bits per heavy atom. The molecule has 3 rings (SSSR count). The van der Waals surface area contributed by atoms with Gasteiger partial charge in [-0.25, -0.2) is 4.79 Å². The number of ether oxygens (including phenoxy) is 1. The van der Waals surface area contributed by atoms with Crippen molar-refractivity contribution in [2.75, 3.05) is 26.7 Å². The van der Waals surface area contributed by atoms with Gasteiger partial charge in [-0.1, -0.05) is 36.4 Å². The Balaban J connectivity index is 1.49. The van der Waals surface area contributed by atoms with Crippen LogP contribution in [0.4, 0.5) is 0 Å². The van der Waals surface area contributed by atoms with Crippen molar-refractivity contribution < 1.29 is 14.3 Å². The van der Waals surface area contributed by atoms with Crippen LogP contribution >= 0.6 is 0 Å². The Morgan fingerprint density at radius 2 is 1.89 bits per heavy atom. The van der Waals surface area contributed by atoms with E-state index < -0.39 is 5.97 Å². The molecule has 5 heteroatoms. The number of hydrogen-bond donors (Lipinski definition) is 1. The molecule has 148 valence electrons. The Morgan fingerprint density at radius 1 is 1.11 bits per heavy atom. The van der Waals surface area contributed by atoms with Crippen LogP contribution in [0.2, 0.25) is 0 Å². The monoisotopic (exact) mass is 380 g/mol. The van der Waals surface area contributed by atoms with Crippen molar-refractivity contribution in [1.82, 2.24) is 10.2 Å². The molecule has 2 aromatic rings. The van der Waals surface area contributed by atoms with Gasteiger partial charge in [0, 0.05) is 18.2 Å². The van der Waals surface area contributed by atoms with Gasteiger partial charge in [0.25, 0.3) is 5.91 Å². The highest BCUT2D eigenvalue weighted by Gasteiger charge is 2.22. The van der Waals surface area contributed by atoms with Crippen LogP contribution in [0.3, 0.4) is 0 Å². The number of hydrogen-bond acceptors (Lipinski definition) is 4. The normalized spacial score (nSPS) is 17.1. The van der Waals surface area contributed by atoms with Crippen LogP contribution < -0.4 is 5.32 Å². The summed E-state index contributed by atoms with van der Waals surface area (Å²) in [6, 6.07) is 17.3. The number of piperidine rings is 1. The van der Waals surface area contributed by atoms with E-state index in [2.05, 4.69) is 34.5 Å². The van der Waals surface area contributed by atoms with Crippen molar-refractivity contribution in [3.63, 3.8) is 0 Å². The van der Waals surface area contributed by atoms with Gasteiger partial charge in [-0.3, -0.25) is 4.79 Å². The number of rotatable bonds is 7. The zero-order valence-corrected chi connectivity index (χ0v) is 16.4. The molecule has 28 heavy (non-hydrogen) atoms. The van der Waals surface area contributed by atoms with Crippen molar-refractivity contribution in [1.29, 1.82) is 0 Å². The number of esters is 1. The number of carbonyl (C=O) groups is 2. The number of methoxy groups -OCH3 is 1. The summed E-state index contributed by atoms with van der Waals surface area (Å²) >= 11 is 0. The summed E-state index contributed by atoms with van der Waals surface area (Å²) in [7, 11) is 1.34. The molecule has 0 radical (unpaired) electrons. The van der Waals surface area contributed by atoms with Crippen LogP contribution in [-0.4, -0.2) is 49.6 Å². The van der Waals surface area contributed by atoms with Gasteiger partial charge >= 0.3 is 5.97 Å². The van der Waals surface area contributed by atoms with Crippen molar-refractivity contribution >= 4 is 11.9 Å². The SMILES string of the molecule is COC(=O)c1cccc(C(=O)NC2CCCN(CCCc3ccccc3)C2)c1. The van der Waals surface area contributed by atoms with Gasteiger partial charge < -0.3 is 15.0 Å². The molecular formula is C23H28N2O3. The molecule has 0 aliphatic carbocycles. The standard InChI is InChI=1S/C23H28N2O3/c1-28-23(27)20-12-5-11-19(16-20)22(26)24-21-13-7-15-25(17-21)14-6-10-18-8-3-2-4-9-18/h2-5,8-9,11-12,16,21H,6-7,10,13-15,17H2,1H3,(H,24,26). The predicted molar refractivity (Wildman–Crippen MR) is 109 cm³/mol. The highest BCUT2D eigenvalue weighted by Crippen LogP contribution is 2.13. The largest absolute Gasteiger partial charge is 0.465 e. The maximum atomic E-state index is 12.6. The third-order valence-electron chi connectivity index (χ3n) is 5.17. The first-order valence-corrected chi connectivity index (χ1v) is 9.91. The van der Waals surface area contributed by atoms with Crippen LogP contribution in [-0.2, 0) is 11.2 Å². The molecule has 1 heterocycles. The van der Waals surface area contributed by atoms with E-state index in [1.165, 1.54) is 12.7 Å². The molecular weight excluding hydrogens is 352 g/mol. The Bertz CT molecular complexity index is 791. The third-order valence-corrected chi connectivity index (χ3v) is 5.17. The molecule has 0 saturated carbocycles. The molecule has 1 unspecified atom stereocenters. The highest BCUT2D eigenvalue weighted by atomic mass is 16.5. The van der Waals surface area contributed by atoms with E-state index in [0.29, 0.717) is 11.1 Å². The molecule has 1 amide bonds. The molecule has 1 saturated heterocycles. The lowest BCUT2D eigenvalue weighted by Crippen LogP contribution is -2.48. The number of nitrogens with one attached hydrogen (secondary N) is 1. The van der Waals surface area contributed by atoms with Crippen molar-refractivity contribution in [3.8, 4) is 0 Å². The van der Waals surface area contributed by atoms with Gasteiger partial charge in [0.2, 0.25) is 0 Å². The Kier molecular flexibility index (Phi) is 7.20. The second kappa shape index (κ2) is 10.0. The third kappa shape index (κ3) is 5.67. The summed E-state index contributed by atoms with van der Waals surface area (Å²) in [6.07, 6.45) is 4.26. The zero-order chi connectivity index (χ0) is 19.8. The number of aryl methyl sites for hydroxylation is 1. The molecule has 5 nitrogen and oxygen atoms in total. The average molecular weight is 380 g/mol. The van der Waals surface area contributed by atoms with Crippen LogP contribution in [0.15, 0.2) is 54.6 Å². The number of nitrogens with zero attached hydrogens (tertiary/aromatic N) is 1. The number of benzene rings is 2. The predicted octanol–water partition coefficient (Wildman–Crippen LogP) is 3.30. The summed E-state index contributed by atoms with van der Waals surface area (Å²) in [6.45, 7) is 3.00. The second-order valence-corrected chi connectivity index (χ2v) is 7.27. The topological polar surface area (TPSA) is 58.6 Å². The first-order valence-electron chi connectivity index (χ1n) is 9.91. The summed E-state index contributed by atoms with van der Waals surface area (Å²) in [4.78, 5) is 26.7. The molecule has 1 aliphatic heterocycles. The van der Waals surface area contributed by atoms with E-state index >= 15 is 0 Å². The van der Waals surface area contributed by atoms with Crippen molar-refractivity contribution in [2.45, 2.75) is 31.7 Å². The van der Waals surface area contributed by atoms with Crippen LogP contribution in [0.1, 0.15) is 45.5 Å². The van der Waals surface area contributed by atoms with Crippen LogP contribution in [0, 0.1) is 0 Å². The van der Waals surface area contributed by atoms with E-state index in [-0.39, 0.29) is 11.9 Å². The minimum atomic E-state index is -0.433.